The standard InChI is InChI=1S/C32H32FN3O2/c1-21(2)22-13-15-24(16-14-22)31(23-8-4-3-5-9-23)35-32(38)29-19-26(33)20-36(29)30(37)18-25-10-6-12-28-27(25)11-7-17-34-28/h3-17,21,26,29,31H,18-20H2,1-2H3,(H,35,38)/t26-,29+,31+/m1/s1. The van der Waals surface area contributed by atoms with Crippen LogP contribution in [0.2, 0.25) is 0 Å². The average Bonchev–Trinajstić information content (AvgIpc) is 3.34. The van der Waals surface area contributed by atoms with Gasteiger partial charge in [-0.15, -0.1) is 0 Å². The second-order valence-corrected chi connectivity index (χ2v) is 10.2. The Hall–Kier alpha value is -4.06. The van der Waals surface area contributed by atoms with Gasteiger partial charge in [-0.1, -0.05) is 86.6 Å². The van der Waals surface area contributed by atoms with Crippen LogP contribution in [0, 0.1) is 0 Å². The highest BCUT2D eigenvalue weighted by atomic mass is 19.1. The molecule has 1 aliphatic rings. The number of likely N-dealkylation sites (tertiary alicyclic amines) is 1. The first-order chi connectivity index (χ1) is 18.4. The Balaban J connectivity index is 1.38. The van der Waals surface area contributed by atoms with Gasteiger partial charge in [-0.2, -0.15) is 0 Å². The number of nitrogens with zero attached hydrogens (tertiary/aromatic N) is 2. The monoisotopic (exact) mass is 509 g/mol. The van der Waals surface area contributed by atoms with Gasteiger partial charge >= 0.3 is 0 Å². The van der Waals surface area contributed by atoms with Gasteiger partial charge < -0.3 is 10.2 Å². The number of alkyl halides is 1. The largest absolute Gasteiger partial charge is 0.343 e. The molecule has 4 aromatic rings. The number of hydrogen-bond donors (Lipinski definition) is 1. The van der Waals surface area contributed by atoms with Gasteiger partial charge in [-0.05, 0) is 40.3 Å². The van der Waals surface area contributed by atoms with Crippen LogP contribution in [0.15, 0.2) is 91.1 Å². The number of benzene rings is 3. The van der Waals surface area contributed by atoms with E-state index in [9.17, 15) is 14.0 Å². The topological polar surface area (TPSA) is 62.3 Å². The zero-order valence-corrected chi connectivity index (χ0v) is 21.7. The maximum atomic E-state index is 14.7. The normalized spacial score (nSPS) is 18.1. The van der Waals surface area contributed by atoms with Crippen LogP contribution in [-0.4, -0.2) is 40.5 Å². The summed E-state index contributed by atoms with van der Waals surface area (Å²) >= 11 is 0. The summed E-state index contributed by atoms with van der Waals surface area (Å²) in [6.07, 6.45) is 0.535. The van der Waals surface area contributed by atoms with Crippen LogP contribution in [0.5, 0.6) is 0 Å². The first-order valence-electron chi connectivity index (χ1n) is 13.1. The van der Waals surface area contributed by atoms with Crippen molar-refractivity contribution in [1.82, 2.24) is 15.2 Å². The van der Waals surface area contributed by atoms with Crippen molar-refractivity contribution in [3.63, 3.8) is 0 Å². The van der Waals surface area contributed by atoms with Gasteiger partial charge in [0.1, 0.15) is 12.2 Å². The van der Waals surface area contributed by atoms with Gasteiger partial charge in [-0.25, -0.2) is 4.39 Å². The highest BCUT2D eigenvalue weighted by Gasteiger charge is 2.40. The highest BCUT2D eigenvalue weighted by molar-refractivity contribution is 5.92. The van der Waals surface area contributed by atoms with Crippen LogP contribution in [0.25, 0.3) is 10.9 Å². The van der Waals surface area contributed by atoms with Crippen LogP contribution in [-0.2, 0) is 16.0 Å². The van der Waals surface area contributed by atoms with E-state index in [1.165, 1.54) is 10.5 Å². The fraction of sp³-hybridized carbons (Fsp3) is 0.281. The number of fused-ring (bicyclic) bond motifs is 1. The van der Waals surface area contributed by atoms with E-state index in [1.807, 2.05) is 72.8 Å². The van der Waals surface area contributed by atoms with Gasteiger partial charge in [-0.3, -0.25) is 14.6 Å². The number of halogens is 1. The van der Waals surface area contributed by atoms with Gasteiger partial charge in [0.05, 0.1) is 24.5 Å². The van der Waals surface area contributed by atoms with Crippen molar-refractivity contribution in [2.45, 2.75) is 50.9 Å². The average molecular weight is 510 g/mol. The lowest BCUT2D eigenvalue weighted by atomic mass is 9.95. The Bertz CT molecular complexity index is 1420. The molecule has 1 fully saturated rings. The number of carbonyl (C=O) groups is 2. The molecule has 1 aromatic heterocycles. The maximum absolute atomic E-state index is 14.7. The van der Waals surface area contributed by atoms with E-state index < -0.39 is 18.3 Å². The molecule has 1 saturated heterocycles. The number of hydrogen-bond acceptors (Lipinski definition) is 3. The molecule has 5 rings (SSSR count). The van der Waals surface area contributed by atoms with Crippen LogP contribution in [0.3, 0.4) is 0 Å². The molecule has 0 radical (unpaired) electrons. The van der Waals surface area contributed by atoms with E-state index >= 15 is 0 Å². The lowest BCUT2D eigenvalue weighted by Gasteiger charge is -2.27. The molecule has 194 valence electrons. The third-order valence-electron chi connectivity index (χ3n) is 7.31. The predicted octanol–water partition coefficient (Wildman–Crippen LogP) is 5.75. The SMILES string of the molecule is CC(C)c1ccc([C@@H](NC(=O)[C@@H]2C[C@@H](F)CN2C(=O)Cc2cccc3ncccc23)c2ccccc2)cc1. The molecule has 3 aromatic carbocycles. The fourth-order valence-electron chi connectivity index (χ4n) is 5.21. The molecule has 0 aliphatic carbocycles. The minimum atomic E-state index is -1.25. The first-order valence-corrected chi connectivity index (χ1v) is 13.1. The Labute approximate surface area is 222 Å². The van der Waals surface area contributed by atoms with Gasteiger partial charge in [0.25, 0.3) is 0 Å². The molecule has 0 saturated carbocycles. The molecule has 2 amide bonds. The molecule has 0 unspecified atom stereocenters. The minimum Gasteiger partial charge on any atom is -0.343 e. The third-order valence-corrected chi connectivity index (χ3v) is 7.31. The van der Waals surface area contributed by atoms with E-state index in [0.29, 0.717) is 5.92 Å². The Kier molecular flexibility index (Phi) is 7.50. The number of carbonyl (C=O) groups excluding carboxylic acids is 2. The van der Waals surface area contributed by atoms with Gasteiger partial charge in [0.15, 0.2) is 0 Å². The Morgan fingerprint density at radius 2 is 1.63 bits per heavy atom. The number of amides is 2. The highest BCUT2D eigenvalue weighted by Crippen LogP contribution is 2.28. The summed E-state index contributed by atoms with van der Waals surface area (Å²) in [6, 6.07) is 26.0. The lowest BCUT2D eigenvalue weighted by Crippen LogP contribution is -2.47. The zero-order valence-electron chi connectivity index (χ0n) is 21.7. The van der Waals surface area contributed by atoms with Crippen molar-refractivity contribution in [3.05, 3.63) is 113 Å². The molecule has 38 heavy (non-hydrogen) atoms. The smallest absolute Gasteiger partial charge is 0.243 e. The molecule has 5 nitrogen and oxygen atoms in total. The van der Waals surface area contributed by atoms with Crippen molar-refractivity contribution in [1.29, 1.82) is 0 Å². The Morgan fingerprint density at radius 3 is 2.37 bits per heavy atom. The lowest BCUT2D eigenvalue weighted by molar-refractivity contribution is -0.138. The van der Waals surface area contributed by atoms with Crippen LogP contribution < -0.4 is 5.32 Å². The van der Waals surface area contributed by atoms with Crippen molar-refractivity contribution in [2.24, 2.45) is 0 Å². The van der Waals surface area contributed by atoms with E-state index in [1.54, 1.807) is 6.20 Å². The summed E-state index contributed by atoms with van der Waals surface area (Å²) in [5.74, 6) is -0.218. The molecule has 2 heterocycles. The third kappa shape index (κ3) is 5.44. The summed E-state index contributed by atoms with van der Waals surface area (Å²) in [5.41, 5.74) is 4.68. The summed E-state index contributed by atoms with van der Waals surface area (Å²) in [4.78, 5) is 32.8. The van der Waals surface area contributed by atoms with Crippen molar-refractivity contribution < 1.29 is 14.0 Å². The molecular formula is C32H32FN3O2. The molecule has 0 bridgehead atoms. The van der Waals surface area contributed by atoms with Crippen molar-refractivity contribution in [3.8, 4) is 0 Å². The second-order valence-electron chi connectivity index (χ2n) is 10.2. The van der Waals surface area contributed by atoms with Crippen molar-refractivity contribution >= 4 is 22.7 Å². The molecule has 3 atom stereocenters. The predicted molar refractivity (Wildman–Crippen MR) is 147 cm³/mol. The molecule has 1 aliphatic heterocycles. The minimum absolute atomic E-state index is 0.0114. The summed E-state index contributed by atoms with van der Waals surface area (Å²) in [5, 5.41) is 4.01. The molecular weight excluding hydrogens is 477 g/mol. The summed E-state index contributed by atoms with van der Waals surface area (Å²) in [7, 11) is 0. The quantitative estimate of drug-likeness (QED) is 0.345. The maximum Gasteiger partial charge on any atom is 0.243 e. The zero-order chi connectivity index (χ0) is 26.6. The van der Waals surface area contributed by atoms with E-state index in [4.69, 9.17) is 0 Å². The van der Waals surface area contributed by atoms with Gasteiger partial charge in [0, 0.05) is 18.0 Å². The summed E-state index contributed by atoms with van der Waals surface area (Å²) < 4.78 is 14.7. The summed E-state index contributed by atoms with van der Waals surface area (Å²) in [6.45, 7) is 4.19. The van der Waals surface area contributed by atoms with E-state index in [0.717, 1.165) is 27.6 Å². The Morgan fingerprint density at radius 1 is 0.921 bits per heavy atom. The first kappa shape index (κ1) is 25.6. The number of rotatable bonds is 7. The van der Waals surface area contributed by atoms with E-state index in [-0.39, 0.29) is 31.2 Å². The fourth-order valence-corrected chi connectivity index (χ4v) is 5.21. The molecule has 6 heteroatoms. The van der Waals surface area contributed by atoms with Gasteiger partial charge in [0.2, 0.25) is 11.8 Å². The second kappa shape index (κ2) is 11.1. The van der Waals surface area contributed by atoms with Crippen molar-refractivity contribution in [2.75, 3.05) is 6.54 Å². The number of aromatic nitrogens is 1. The van der Waals surface area contributed by atoms with Crippen LogP contribution in [0.4, 0.5) is 4.39 Å². The molecule has 0 spiro atoms. The van der Waals surface area contributed by atoms with Crippen LogP contribution >= 0.6 is 0 Å². The van der Waals surface area contributed by atoms with E-state index in [2.05, 4.69) is 36.3 Å². The molecule has 1 N–H and O–H groups in total. The number of nitrogens with one attached hydrogen (secondary N) is 1. The van der Waals surface area contributed by atoms with Crippen LogP contribution in [0.1, 0.15) is 54.5 Å². The number of pyridine rings is 1.